The van der Waals surface area contributed by atoms with Crippen molar-refractivity contribution in [1.82, 2.24) is 15.0 Å². The summed E-state index contributed by atoms with van der Waals surface area (Å²) in [6, 6.07) is 7.81. The largest absolute Gasteiger partial charge is 0.486 e. The van der Waals surface area contributed by atoms with Gasteiger partial charge in [0.15, 0.2) is 11.5 Å². The number of anilines is 1. The van der Waals surface area contributed by atoms with Crippen LogP contribution in [0.1, 0.15) is 5.89 Å². The molecule has 0 N–H and O–H groups in total. The average molecular weight is 346 g/mol. The van der Waals surface area contributed by atoms with Crippen LogP contribution in [0.15, 0.2) is 28.8 Å². The lowest BCUT2D eigenvalue weighted by atomic mass is 10.2. The van der Waals surface area contributed by atoms with Gasteiger partial charge in [-0.1, -0.05) is 12.1 Å². The molecule has 134 valence electrons. The summed E-state index contributed by atoms with van der Waals surface area (Å²) < 4.78 is 22.0. The number of nitrogens with zero attached hydrogens (tertiary/aromatic N) is 4. The number of hydrogen-bond acceptors (Lipinski definition) is 8. The van der Waals surface area contributed by atoms with Gasteiger partial charge in [0.2, 0.25) is 0 Å². The van der Waals surface area contributed by atoms with Gasteiger partial charge in [-0.05, 0) is 17.3 Å². The summed E-state index contributed by atoms with van der Waals surface area (Å²) in [6.45, 7) is 5.34. The summed E-state index contributed by atoms with van der Waals surface area (Å²) in [4.78, 5) is 8.86. The molecule has 2 aliphatic heterocycles. The maximum absolute atomic E-state index is 6.04. The lowest BCUT2D eigenvalue weighted by Crippen LogP contribution is -2.51. The van der Waals surface area contributed by atoms with Crippen molar-refractivity contribution < 1.29 is 18.7 Å². The van der Waals surface area contributed by atoms with Crippen molar-refractivity contribution in [2.24, 2.45) is 0 Å². The van der Waals surface area contributed by atoms with E-state index in [9.17, 15) is 0 Å². The van der Waals surface area contributed by atoms with E-state index in [4.69, 9.17) is 18.7 Å². The molecule has 8 nitrogen and oxygen atoms in total. The van der Waals surface area contributed by atoms with E-state index in [0.717, 1.165) is 44.2 Å². The fourth-order valence-electron chi connectivity index (χ4n) is 3.13. The van der Waals surface area contributed by atoms with Crippen molar-refractivity contribution in [3.05, 3.63) is 30.2 Å². The van der Waals surface area contributed by atoms with E-state index in [2.05, 4.69) is 19.9 Å². The molecule has 3 heterocycles. The van der Waals surface area contributed by atoms with Crippen LogP contribution in [0.4, 0.5) is 5.95 Å². The number of hydrogen-bond donors (Lipinski definition) is 0. The van der Waals surface area contributed by atoms with Crippen LogP contribution >= 0.6 is 0 Å². The summed E-state index contributed by atoms with van der Waals surface area (Å²) in [7, 11) is 1.61. The summed E-state index contributed by atoms with van der Waals surface area (Å²) in [5.74, 6) is 2.80. The predicted molar refractivity (Wildman–Crippen MR) is 90.0 cm³/mol. The first kappa shape index (κ1) is 16.2. The van der Waals surface area contributed by atoms with Crippen LogP contribution in [0.25, 0.3) is 0 Å². The summed E-state index contributed by atoms with van der Waals surface area (Å²) in [6.07, 6.45) is 0.0555. The molecule has 1 saturated heterocycles. The molecular weight excluding hydrogens is 324 g/mol. The highest BCUT2D eigenvalue weighted by atomic mass is 16.6. The third-order valence-electron chi connectivity index (χ3n) is 4.41. The Labute approximate surface area is 146 Å². The van der Waals surface area contributed by atoms with Crippen molar-refractivity contribution in [2.75, 3.05) is 51.3 Å². The van der Waals surface area contributed by atoms with Gasteiger partial charge < -0.3 is 23.6 Å². The molecule has 0 amide bonds. The quantitative estimate of drug-likeness (QED) is 0.799. The SMILES string of the molecule is COCc1nc(N2CCN(CC3COc4ccccc4O3)CC2)no1. The van der Waals surface area contributed by atoms with Crippen LogP contribution in [0, 0.1) is 0 Å². The number of methoxy groups -OCH3 is 1. The van der Waals surface area contributed by atoms with Crippen LogP contribution in [-0.4, -0.2) is 67.6 Å². The molecule has 1 aromatic carbocycles. The number of benzene rings is 1. The Bertz CT molecular complexity index is 699. The molecule has 2 aromatic rings. The summed E-state index contributed by atoms with van der Waals surface area (Å²) in [5, 5.41) is 4.02. The maximum atomic E-state index is 6.04. The number of rotatable bonds is 5. The lowest BCUT2D eigenvalue weighted by molar-refractivity contribution is 0.0570. The minimum Gasteiger partial charge on any atom is -0.486 e. The van der Waals surface area contributed by atoms with Crippen LogP contribution in [0.3, 0.4) is 0 Å². The first-order valence-electron chi connectivity index (χ1n) is 8.49. The molecule has 0 spiro atoms. The standard InChI is InChI=1S/C17H22N4O4/c1-22-12-16-18-17(19-25-16)21-8-6-20(7-9-21)10-13-11-23-14-4-2-3-5-15(14)24-13/h2-5,13H,6-12H2,1H3. The number of ether oxygens (including phenoxy) is 3. The number of para-hydroxylation sites is 2. The highest BCUT2D eigenvalue weighted by Gasteiger charge is 2.26. The number of aromatic nitrogens is 2. The van der Waals surface area contributed by atoms with Gasteiger partial charge in [0.1, 0.15) is 19.3 Å². The molecule has 8 heteroatoms. The van der Waals surface area contributed by atoms with Crippen LogP contribution in [0.2, 0.25) is 0 Å². The van der Waals surface area contributed by atoms with Crippen molar-refractivity contribution in [1.29, 1.82) is 0 Å². The molecule has 25 heavy (non-hydrogen) atoms. The molecule has 1 fully saturated rings. The van der Waals surface area contributed by atoms with E-state index in [1.165, 1.54) is 0 Å². The van der Waals surface area contributed by atoms with E-state index in [0.29, 0.717) is 25.1 Å². The van der Waals surface area contributed by atoms with Gasteiger partial charge in [0, 0.05) is 39.8 Å². The molecule has 0 radical (unpaired) electrons. The highest BCUT2D eigenvalue weighted by molar-refractivity contribution is 5.40. The average Bonchev–Trinajstić information content (AvgIpc) is 3.11. The Kier molecular flexibility index (Phi) is 4.71. The van der Waals surface area contributed by atoms with Crippen LogP contribution in [-0.2, 0) is 11.3 Å². The summed E-state index contributed by atoms with van der Waals surface area (Å²) in [5.41, 5.74) is 0. The zero-order valence-corrected chi connectivity index (χ0v) is 14.3. The summed E-state index contributed by atoms with van der Waals surface area (Å²) >= 11 is 0. The van der Waals surface area contributed by atoms with E-state index >= 15 is 0 Å². The first-order valence-corrected chi connectivity index (χ1v) is 8.49. The maximum Gasteiger partial charge on any atom is 0.266 e. The van der Waals surface area contributed by atoms with Crippen molar-refractivity contribution >= 4 is 5.95 Å². The smallest absolute Gasteiger partial charge is 0.266 e. The molecular formula is C17H22N4O4. The second-order valence-corrected chi connectivity index (χ2v) is 6.21. The van der Waals surface area contributed by atoms with Gasteiger partial charge >= 0.3 is 0 Å². The zero-order chi connectivity index (χ0) is 17.1. The van der Waals surface area contributed by atoms with Gasteiger partial charge in [-0.15, -0.1) is 0 Å². The Morgan fingerprint density at radius 3 is 2.76 bits per heavy atom. The number of piperazine rings is 1. The Morgan fingerprint density at radius 1 is 1.16 bits per heavy atom. The minimum absolute atomic E-state index is 0.0555. The van der Waals surface area contributed by atoms with E-state index in [-0.39, 0.29) is 6.10 Å². The molecule has 2 aliphatic rings. The van der Waals surface area contributed by atoms with Gasteiger partial charge in [-0.3, -0.25) is 4.90 Å². The van der Waals surface area contributed by atoms with E-state index in [1.54, 1.807) is 7.11 Å². The second-order valence-electron chi connectivity index (χ2n) is 6.21. The van der Waals surface area contributed by atoms with Gasteiger partial charge in [0.25, 0.3) is 11.8 Å². The van der Waals surface area contributed by atoms with E-state index < -0.39 is 0 Å². The molecule has 1 aromatic heterocycles. The lowest BCUT2D eigenvalue weighted by Gasteiger charge is -2.36. The van der Waals surface area contributed by atoms with Gasteiger partial charge in [-0.25, -0.2) is 0 Å². The van der Waals surface area contributed by atoms with Crippen LogP contribution < -0.4 is 14.4 Å². The Morgan fingerprint density at radius 2 is 1.96 bits per heavy atom. The molecule has 1 unspecified atom stereocenters. The fourth-order valence-corrected chi connectivity index (χ4v) is 3.13. The van der Waals surface area contributed by atoms with Gasteiger partial charge in [0.05, 0.1) is 0 Å². The molecule has 0 saturated carbocycles. The normalized spacial score (nSPS) is 20.7. The van der Waals surface area contributed by atoms with Crippen LogP contribution in [0.5, 0.6) is 11.5 Å². The van der Waals surface area contributed by atoms with Crippen molar-refractivity contribution in [2.45, 2.75) is 12.7 Å². The predicted octanol–water partition coefficient (Wildman–Crippen LogP) is 1.18. The van der Waals surface area contributed by atoms with E-state index in [1.807, 2.05) is 24.3 Å². The Balaban J connectivity index is 1.28. The third-order valence-corrected chi connectivity index (χ3v) is 4.41. The fraction of sp³-hybridized carbons (Fsp3) is 0.529. The molecule has 4 rings (SSSR count). The van der Waals surface area contributed by atoms with Crippen molar-refractivity contribution in [3.8, 4) is 11.5 Å². The number of fused-ring (bicyclic) bond motifs is 1. The minimum atomic E-state index is 0.0555. The first-order chi connectivity index (χ1) is 12.3. The second kappa shape index (κ2) is 7.28. The van der Waals surface area contributed by atoms with Crippen molar-refractivity contribution in [3.63, 3.8) is 0 Å². The van der Waals surface area contributed by atoms with Gasteiger partial charge in [-0.2, -0.15) is 4.98 Å². The highest BCUT2D eigenvalue weighted by Crippen LogP contribution is 2.31. The Hall–Kier alpha value is -2.32. The monoisotopic (exact) mass is 346 g/mol. The molecule has 0 bridgehead atoms. The topological polar surface area (TPSA) is 73.1 Å². The molecule has 1 atom stereocenters. The zero-order valence-electron chi connectivity index (χ0n) is 14.3. The third kappa shape index (κ3) is 3.69. The molecule has 0 aliphatic carbocycles.